The summed E-state index contributed by atoms with van der Waals surface area (Å²) in [6.45, 7) is 0. The van der Waals surface area contributed by atoms with Crippen molar-refractivity contribution in [1.82, 2.24) is 0 Å². The third kappa shape index (κ3) is 1.83. The van der Waals surface area contributed by atoms with E-state index < -0.39 is 10.0 Å². The molecule has 6 heteroatoms. The highest BCUT2D eigenvalue weighted by atomic mass is 35.5. The van der Waals surface area contributed by atoms with Gasteiger partial charge in [-0.25, -0.2) is 0 Å². The molecule has 0 atom stereocenters. The lowest BCUT2D eigenvalue weighted by Crippen LogP contribution is -2.32. The van der Waals surface area contributed by atoms with Gasteiger partial charge in [0.25, 0.3) is 10.0 Å². The first-order valence-electron chi connectivity index (χ1n) is 5.48. The molecule has 0 aromatic heterocycles. The molecule has 1 heterocycles. The van der Waals surface area contributed by atoms with E-state index in [1.165, 1.54) is 6.07 Å². The van der Waals surface area contributed by atoms with Crippen LogP contribution in [0.15, 0.2) is 27.5 Å². The lowest BCUT2D eigenvalue weighted by molar-refractivity contribution is 0.413. The Bertz CT molecular complexity index is 606. The third-order valence-corrected chi connectivity index (χ3v) is 4.76. The van der Waals surface area contributed by atoms with E-state index in [2.05, 4.69) is 9.71 Å². The zero-order chi connectivity index (χ0) is 12.0. The van der Waals surface area contributed by atoms with Crippen LogP contribution in [0, 0.1) is 5.92 Å². The molecule has 0 saturated heterocycles. The summed E-state index contributed by atoms with van der Waals surface area (Å²) in [6, 6.07) is 4.79. The zero-order valence-electron chi connectivity index (χ0n) is 8.98. The first-order chi connectivity index (χ1) is 8.06. The van der Waals surface area contributed by atoms with E-state index in [1.54, 1.807) is 12.1 Å². The number of nitrogens with zero attached hydrogens (tertiary/aromatic N) is 1. The first-order valence-corrected chi connectivity index (χ1v) is 7.29. The number of halogens is 1. The van der Waals surface area contributed by atoms with Crippen molar-refractivity contribution in [2.45, 2.75) is 24.2 Å². The fourth-order valence-corrected chi connectivity index (χ4v) is 3.47. The number of hydrogen-bond acceptors (Lipinski definition) is 3. The van der Waals surface area contributed by atoms with E-state index in [4.69, 9.17) is 11.6 Å². The third-order valence-electron chi connectivity index (χ3n) is 3.19. The molecule has 1 saturated carbocycles. The Morgan fingerprint density at radius 3 is 2.76 bits per heavy atom. The predicted octanol–water partition coefficient (Wildman–Crippen LogP) is 2.65. The number of nitrogens with one attached hydrogen (secondary N) is 1. The Morgan fingerprint density at radius 2 is 2.12 bits per heavy atom. The summed E-state index contributed by atoms with van der Waals surface area (Å²) in [5.74, 6) is 0.833. The average molecular weight is 271 g/mol. The Hall–Kier alpha value is -1.07. The first kappa shape index (κ1) is 11.0. The van der Waals surface area contributed by atoms with Crippen molar-refractivity contribution < 1.29 is 8.42 Å². The molecule has 3 rings (SSSR count). The van der Waals surface area contributed by atoms with Crippen molar-refractivity contribution in [3.05, 3.63) is 23.2 Å². The van der Waals surface area contributed by atoms with Gasteiger partial charge in [0.1, 0.15) is 10.7 Å². The molecule has 1 N–H and O–H groups in total. The van der Waals surface area contributed by atoms with Crippen LogP contribution in [-0.2, 0) is 10.0 Å². The van der Waals surface area contributed by atoms with Crippen molar-refractivity contribution >= 4 is 33.1 Å². The summed E-state index contributed by atoms with van der Waals surface area (Å²) in [5.41, 5.74) is 0.575. The maximum Gasteiger partial charge on any atom is 0.286 e. The minimum Gasteiger partial charge on any atom is -0.342 e. The van der Waals surface area contributed by atoms with Crippen molar-refractivity contribution in [1.29, 1.82) is 0 Å². The van der Waals surface area contributed by atoms with Gasteiger partial charge >= 0.3 is 0 Å². The lowest BCUT2D eigenvalue weighted by atomic mass is 9.84. The highest BCUT2D eigenvalue weighted by Crippen LogP contribution is 2.35. The molecule has 1 fully saturated rings. The minimum atomic E-state index is -3.59. The van der Waals surface area contributed by atoms with Crippen LogP contribution < -0.4 is 5.32 Å². The summed E-state index contributed by atoms with van der Waals surface area (Å²) >= 11 is 5.80. The predicted molar refractivity (Wildman–Crippen MR) is 67.0 cm³/mol. The van der Waals surface area contributed by atoms with Crippen LogP contribution in [0.4, 0.5) is 5.69 Å². The van der Waals surface area contributed by atoms with E-state index in [-0.39, 0.29) is 10.8 Å². The topological polar surface area (TPSA) is 58.5 Å². The Kier molecular flexibility index (Phi) is 2.41. The number of sulfonamides is 1. The van der Waals surface area contributed by atoms with E-state index in [0.717, 1.165) is 19.3 Å². The summed E-state index contributed by atoms with van der Waals surface area (Å²) < 4.78 is 27.8. The molecule has 1 aliphatic carbocycles. The van der Waals surface area contributed by atoms with E-state index in [9.17, 15) is 8.42 Å². The second kappa shape index (κ2) is 3.71. The molecule has 0 spiro atoms. The van der Waals surface area contributed by atoms with Crippen molar-refractivity contribution in [3.63, 3.8) is 0 Å². The van der Waals surface area contributed by atoms with Gasteiger partial charge in [-0.2, -0.15) is 8.42 Å². The molecular formula is C11H11ClN2O2S. The molecule has 0 amide bonds. The molecule has 0 radical (unpaired) electrons. The number of benzene rings is 1. The largest absolute Gasteiger partial charge is 0.342 e. The van der Waals surface area contributed by atoms with Gasteiger partial charge < -0.3 is 5.32 Å². The standard InChI is InChI=1S/C11H11ClN2O2S/c12-8-4-5-9-10(6-8)17(15,16)14-11(13-9)7-2-1-3-7/h4-7H,1-3H2,(H,13,14). The van der Waals surface area contributed by atoms with Crippen LogP contribution in [0.2, 0.25) is 5.02 Å². The molecule has 1 aromatic rings. The fourth-order valence-electron chi connectivity index (χ4n) is 2.01. The molecule has 4 nitrogen and oxygen atoms in total. The Labute approximate surface area is 105 Å². The quantitative estimate of drug-likeness (QED) is 0.853. The maximum atomic E-state index is 12.0. The monoisotopic (exact) mass is 270 g/mol. The second-order valence-electron chi connectivity index (χ2n) is 4.34. The van der Waals surface area contributed by atoms with Gasteiger partial charge in [0.2, 0.25) is 0 Å². The molecule has 0 bridgehead atoms. The van der Waals surface area contributed by atoms with Gasteiger partial charge in [-0.3, -0.25) is 0 Å². The lowest BCUT2D eigenvalue weighted by Gasteiger charge is -2.29. The normalized spacial score (nSPS) is 22.1. The number of amidine groups is 1. The molecule has 90 valence electrons. The van der Waals surface area contributed by atoms with Crippen LogP contribution in [-0.4, -0.2) is 14.3 Å². The smallest absolute Gasteiger partial charge is 0.286 e. The molecule has 0 unspecified atom stereocenters. The summed E-state index contributed by atoms with van der Waals surface area (Å²) in [7, 11) is -3.59. The van der Waals surface area contributed by atoms with Gasteiger partial charge in [0.05, 0.1) is 5.69 Å². The van der Waals surface area contributed by atoms with Crippen LogP contribution in [0.25, 0.3) is 0 Å². The van der Waals surface area contributed by atoms with Crippen molar-refractivity contribution in [2.75, 3.05) is 5.32 Å². The molecule has 17 heavy (non-hydrogen) atoms. The van der Waals surface area contributed by atoms with Crippen LogP contribution in [0.5, 0.6) is 0 Å². The Balaban J connectivity index is 2.09. The summed E-state index contributed by atoms with van der Waals surface area (Å²) in [4.78, 5) is 0.160. The van der Waals surface area contributed by atoms with Crippen LogP contribution in [0.3, 0.4) is 0 Å². The van der Waals surface area contributed by atoms with E-state index >= 15 is 0 Å². The maximum absolute atomic E-state index is 12.0. The number of hydrogen-bond donors (Lipinski definition) is 1. The number of anilines is 1. The molecule has 1 aliphatic heterocycles. The Morgan fingerprint density at radius 1 is 1.35 bits per heavy atom. The zero-order valence-corrected chi connectivity index (χ0v) is 10.6. The van der Waals surface area contributed by atoms with Gasteiger partial charge in [-0.05, 0) is 31.0 Å². The molecular weight excluding hydrogens is 260 g/mol. The van der Waals surface area contributed by atoms with Crippen LogP contribution >= 0.6 is 11.6 Å². The van der Waals surface area contributed by atoms with Crippen molar-refractivity contribution in [3.8, 4) is 0 Å². The van der Waals surface area contributed by atoms with Crippen LogP contribution in [0.1, 0.15) is 19.3 Å². The SMILES string of the molecule is O=S1(=O)N=C(C2CCC2)Nc2ccc(Cl)cc21. The molecule has 2 aliphatic rings. The highest BCUT2D eigenvalue weighted by Gasteiger charge is 2.31. The second-order valence-corrected chi connectivity index (χ2v) is 6.35. The highest BCUT2D eigenvalue weighted by molar-refractivity contribution is 7.90. The average Bonchev–Trinajstić information content (AvgIpc) is 2.16. The van der Waals surface area contributed by atoms with Gasteiger partial charge in [0.15, 0.2) is 0 Å². The van der Waals surface area contributed by atoms with Gasteiger partial charge in [-0.1, -0.05) is 18.0 Å². The summed E-state index contributed by atoms with van der Waals surface area (Å²) in [5, 5.41) is 3.49. The summed E-state index contributed by atoms with van der Waals surface area (Å²) in [6.07, 6.45) is 3.15. The molecule has 1 aromatic carbocycles. The number of fused-ring (bicyclic) bond motifs is 1. The van der Waals surface area contributed by atoms with Gasteiger partial charge in [-0.15, -0.1) is 4.40 Å². The van der Waals surface area contributed by atoms with E-state index in [0.29, 0.717) is 16.5 Å². The number of rotatable bonds is 1. The van der Waals surface area contributed by atoms with E-state index in [1.807, 2.05) is 0 Å². The van der Waals surface area contributed by atoms with Gasteiger partial charge in [0, 0.05) is 10.9 Å². The van der Waals surface area contributed by atoms with Crippen molar-refractivity contribution in [2.24, 2.45) is 10.3 Å². The minimum absolute atomic E-state index is 0.160. The fraction of sp³-hybridized carbons (Fsp3) is 0.364.